The maximum atomic E-state index is 5.48. The van der Waals surface area contributed by atoms with Gasteiger partial charge in [-0.1, -0.05) is 17.3 Å². The quantitative estimate of drug-likeness (QED) is 0.814. The molecule has 0 saturated heterocycles. The Morgan fingerprint density at radius 1 is 1.40 bits per heavy atom. The van der Waals surface area contributed by atoms with E-state index in [1.54, 1.807) is 13.2 Å². The number of aryl methyl sites for hydroxylation is 1. The van der Waals surface area contributed by atoms with Crippen LogP contribution >= 0.6 is 0 Å². The summed E-state index contributed by atoms with van der Waals surface area (Å²) in [4.78, 5) is 0. The normalized spacial score (nSPS) is 10.3. The predicted octanol–water partition coefficient (Wildman–Crippen LogP) is 2.24. The first kappa shape index (κ1) is 9.58. The molecule has 0 radical (unpaired) electrons. The smallest absolute Gasteiger partial charge is 0.222 e. The van der Waals surface area contributed by atoms with Crippen molar-refractivity contribution >= 4 is 5.88 Å². The number of aromatic nitrogens is 1. The van der Waals surface area contributed by atoms with Crippen LogP contribution in [0, 0.1) is 6.92 Å². The fraction of sp³-hybridized carbons (Fsp3) is 0.182. The summed E-state index contributed by atoms with van der Waals surface area (Å²) in [5.41, 5.74) is 8.10. The van der Waals surface area contributed by atoms with Crippen molar-refractivity contribution in [3.8, 4) is 17.0 Å². The molecule has 0 unspecified atom stereocenters. The fourth-order valence-electron chi connectivity index (χ4n) is 1.54. The van der Waals surface area contributed by atoms with Gasteiger partial charge in [-0.3, -0.25) is 0 Å². The standard InChI is InChI=1S/C11H12N2O2/c1-7-4-3-5-8(11(7)14-2)9-6-10(12)15-13-9/h3-6H,12H2,1-2H3. The highest BCUT2D eigenvalue weighted by Crippen LogP contribution is 2.32. The van der Waals surface area contributed by atoms with E-state index >= 15 is 0 Å². The number of nitrogen functional groups attached to an aromatic ring is 1. The van der Waals surface area contributed by atoms with Crippen LogP contribution < -0.4 is 10.5 Å². The molecule has 0 spiro atoms. The van der Waals surface area contributed by atoms with E-state index in [-0.39, 0.29) is 0 Å². The molecule has 4 heteroatoms. The summed E-state index contributed by atoms with van der Waals surface area (Å²) in [6.45, 7) is 1.98. The minimum Gasteiger partial charge on any atom is -0.496 e. The van der Waals surface area contributed by atoms with Gasteiger partial charge in [-0.05, 0) is 18.6 Å². The number of para-hydroxylation sites is 1. The highest BCUT2D eigenvalue weighted by atomic mass is 16.5. The zero-order valence-corrected chi connectivity index (χ0v) is 8.65. The highest BCUT2D eigenvalue weighted by Gasteiger charge is 2.11. The van der Waals surface area contributed by atoms with Gasteiger partial charge in [0.2, 0.25) is 5.88 Å². The maximum Gasteiger partial charge on any atom is 0.222 e. The van der Waals surface area contributed by atoms with Crippen molar-refractivity contribution in [3.63, 3.8) is 0 Å². The van der Waals surface area contributed by atoms with Crippen LogP contribution in [0.4, 0.5) is 5.88 Å². The van der Waals surface area contributed by atoms with E-state index in [0.717, 1.165) is 16.9 Å². The van der Waals surface area contributed by atoms with Crippen LogP contribution in [0.5, 0.6) is 5.75 Å². The maximum absolute atomic E-state index is 5.48. The lowest BCUT2D eigenvalue weighted by Gasteiger charge is -2.08. The number of nitrogens with two attached hydrogens (primary N) is 1. The van der Waals surface area contributed by atoms with Gasteiger partial charge in [-0.15, -0.1) is 0 Å². The molecule has 78 valence electrons. The number of ether oxygens (including phenoxy) is 1. The Morgan fingerprint density at radius 2 is 2.20 bits per heavy atom. The molecule has 0 aliphatic carbocycles. The molecule has 0 amide bonds. The van der Waals surface area contributed by atoms with Gasteiger partial charge in [-0.25, -0.2) is 0 Å². The summed E-state index contributed by atoms with van der Waals surface area (Å²) in [6, 6.07) is 7.52. The molecule has 2 rings (SSSR count). The monoisotopic (exact) mass is 204 g/mol. The van der Waals surface area contributed by atoms with Crippen molar-refractivity contribution in [2.45, 2.75) is 6.92 Å². The molecule has 0 aliphatic rings. The Bertz CT molecular complexity index is 477. The summed E-state index contributed by atoms with van der Waals surface area (Å²) < 4.78 is 10.1. The van der Waals surface area contributed by atoms with Crippen LogP contribution in [0.3, 0.4) is 0 Å². The van der Waals surface area contributed by atoms with Gasteiger partial charge in [0.05, 0.1) is 7.11 Å². The number of anilines is 1. The molecule has 1 aromatic carbocycles. The molecule has 1 aromatic heterocycles. The summed E-state index contributed by atoms with van der Waals surface area (Å²) in [5.74, 6) is 1.10. The molecule has 0 saturated carbocycles. The largest absolute Gasteiger partial charge is 0.496 e. The van der Waals surface area contributed by atoms with E-state index < -0.39 is 0 Å². The second-order valence-electron chi connectivity index (χ2n) is 3.27. The molecule has 15 heavy (non-hydrogen) atoms. The minimum absolute atomic E-state index is 0.300. The summed E-state index contributed by atoms with van der Waals surface area (Å²) >= 11 is 0. The van der Waals surface area contributed by atoms with Crippen LogP contribution in [-0.4, -0.2) is 12.3 Å². The Hall–Kier alpha value is -1.97. The van der Waals surface area contributed by atoms with Gasteiger partial charge in [0, 0.05) is 11.6 Å². The van der Waals surface area contributed by atoms with Gasteiger partial charge < -0.3 is 15.0 Å². The number of benzene rings is 1. The van der Waals surface area contributed by atoms with Gasteiger partial charge in [0.15, 0.2) is 0 Å². The zero-order valence-electron chi connectivity index (χ0n) is 8.65. The van der Waals surface area contributed by atoms with E-state index in [9.17, 15) is 0 Å². The molecule has 0 atom stereocenters. The number of hydrogen-bond acceptors (Lipinski definition) is 4. The molecule has 4 nitrogen and oxygen atoms in total. The summed E-state index contributed by atoms with van der Waals surface area (Å²) in [7, 11) is 1.63. The lowest BCUT2D eigenvalue weighted by molar-refractivity contribution is 0.411. The number of nitrogens with zero attached hydrogens (tertiary/aromatic N) is 1. The molecule has 0 bridgehead atoms. The Morgan fingerprint density at radius 3 is 2.80 bits per heavy atom. The highest BCUT2D eigenvalue weighted by molar-refractivity contribution is 5.70. The third-order valence-electron chi connectivity index (χ3n) is 2.22. The van der Waals surface area contributed by atoms with E-state index in [4.69, 9.17) is 15.0 Å². The van der Waals surface area contributed by atoms with Gasteiger partial charge >= 0.3 is 0 Å². The third-order valence-corrected chi connectivity index (χ3v) is 2.22. The first-order valence-corrected chi connectivity index (χ1v) is 4.58. The number of hydrogen-bond donors (Lipinski definition) is 1. The van der Waals surface area contributed by atoms with Gasteiger partial charge in [0.1, 0.15) is 11.4 Å². The first-order chi connectivity index (χ1) is 7.22. The Balaban J connectivity index is 2.57. The van der Waals surface area contributed by atoms with Crippen molar-refractivity contribution in [3.05, 3.63) is 29.8 Å². The SMILES string of the molecule is COc1c(C)cccc1-c1cc(N)on1. The molecule has 0 aliphatic heterocycles. The molecule has 1 heterocycles. The van der Waals surface area contributed by atoms with Crippen molar-refractivity contribution in [2.75, 3.05) is 12.8 Å². The second kappa shape index (κ2) is 3.65. The lowest BCUT2D eigenvalue weighted by Crippen LogP contribution is -1.90. The van der Waals surface area contributed by atoms with Crippen molar-refractivity contribution in [1.29, 1.82) is 0 Å². The van der Waals surface area contributed by atoms with Crippen molar-refractivity contribution in [2.24, 2.45) is 0 Å². The summed E-state index contributed by atoms with van der Waals surface area (Å²) in [5, 5.41) is 3.86. The van der Waals surface area contributed by atoms with Crippen LogP contribution in [0.1, 0.15) is 5.56 Å². The topological polar surface area (TPSA) is 61.3 Å². The van der Waals surface area contributed by atoms with Crippen molar-refractivity contribution < 1.29 is 9.26 Å². The number of rotatable bonds is 2. The summed E-state index contributed by atoms with van der Waals surface area (Å²) in [6.07, 6.45) is 0. The predicted molar refractivity (Wildman–Crippen MR) is 57.6 cm³/mol. The molecule has 0 fully saturated rings. The van der Waals surface area contributed by atoms with Gasteiger partial charge in [-0.2, -0.15) is 0 Å². The fourth-order valence-corrected chi connectivity index (χ4v) is 1.54. The second-order valence-corrected chi connectivity index (χ2v) is 3.27. The van der Waals surface area contributed by atoms with E-state index in [1.807, 2.05) is 25.1 Å². The van der Waals surface area contributed by atoms with E-state index in [2.05, 4.69) is 5.16 Å². The van der Waals surface area contributed by atoms with Crippen LogP contribution in [0.15, 0.2) is 28.8 Å². The van der Waals surface area contributed by atoms with Crippen LogP contribution in [-0.2, 0) is 0 Å². The van der Waals surface area contributed by atoms with Crippen LogP contribution in [0.2, 0.25) is 0 Å². The Labute approximate surface area is 87.6 Å². The van der Waals surface area contributed by atoms with E-state index in [0.29, 0.717) is 11.6 Å². The average molecular weight is 204 g/mol. The number of methoxy groups -OCH3 is 1. The molecule has 2 aromatic rings. The first-order valence-electron chi connectivity index (χ1n) is 4.58. The van der Waals surface area contributed by atoms with E-state index in [1.165, 1.54) is 0 Å². The molecular formula is C11H12N2O2. The minimum atomic E-state index is 0.300. The average Bonchev–Trinajstić information content (AvgIpc) is 2.64. The van der Waals surface area contributed by atoms with Crippen LogP contribution in [0.25, 0.3) is 11.3 Å². The van der Waals surface area contributed by atoms with Crippen molar-refractivity contribution in [1.82, 2.24) is 5.16 Å². The zero-order chi connectivity index (χ0) is 10.8. The Kier molecular flexibility index (Phi) is 2.33. The third kappa shape index (κ3) is 1.66. The molecular weight excluding hydrogens is 192 g/mol. The molecule has 2 N–H and O–H groups in total. The lowest BCUT2D eigenvalue weighted by atomic mass is 10.1. The van der Waals surface area contributed by atoms with Gasteiger partial charge in [0.25, 0.3) is 0 Å².